The van der Waals surface area contributed by atoms with E-state index in [2.05, 4.69) is 17.4 Å². The van der Waals surface area contributed by atoms with E-state index in [0.29, 0.717) is 25.2 Å². The summed E-state index contributed by atoms with van der Waals surface area (Å²) in [6.45, 7) is 2.48. The van der Waals surface area contributed by atoms with Crippen molar-refractivity contribution in [2.24, 2.45) is 0 Å². The van der Waals surface area contributed by atoms with Gasteiger partial charge < -0.3 is 20.2 Å². The molecule has 1 aromatic carbocycles. The van der Waals surface area contributed by atoms with E-state index < -0.39 is 17.8 Å². The quantitative estimate of drug-likeness (QED) is 0.675. The number of amides is 2. The van der Waals surface area contributed by atoms with E-state index in [4.69, 9.17) is 4.98 Å². The summed E-state index contributed by atoms with van der Waals surface area (Å²) < 4.78 is 13.7. The minimum absolute atomic E-state index is 0.199. The fourth-order valence-electron chi connectivity index (χ4n) is 4.34. The van der Waals surface area contributed by atoms with Crippen LogP contribution in [-0.2, 0) is 17.6 Å². The van der Waals surface area contributed by atoms with Gasteiger partial charge in [-0.3, -0.25) is 4.79 Å². The molecule has 0 unspecified atom stereocenters. The van der Waals surface area contributed by atoms with Gasteiger partial charge in [0, 0.05) is 31.9 Å². The maximum Gasteiger partial charge on any atom is 0.320 e. The average Bonchev–Trinajstić information content (AvgIpc) is 3.12. The molecule has 8 heteroatoms. The molecule has 0 radical (unpaired) electrons. The lowest BCUT2D eigenvalue weighted by Gasteiger charge is -2.27. The predicted octanol–water partition coefficient (Wildman–Crippen LogP) is 3.47. The number of hydrogen-bond acceptors (Lipinski definition) is 4. The first kappa shape index (κ1) is 21.1. The predicted molar refractivity (Wildman–Crippen MR) is 114 cm³/mol. The standard InChI is InChI=1S/C23H27FN4O3/c24-18-6-1-4-17(14-18)20(15-21(29)30)28-13-12-27(23(28)31)11-3-7-19-9-8-16-5-2-10-25-22(16)26-19/h1,4,6,8-9,14,20H,2-3,5,7,10-13,15H2,(H,25,26)(H,29,30)/t20-/m0/s1. The first-order valence-electron chi connectivity index (χ1n) is 10.8. The van der Waals surface area contributed by atoms with Crippen LogP contribution in [0.3, 0.4) is 0 Å². The van der Waals surface area contributed by atoms with Crippen molar-refractivity contribution in [3.63, 3.8) is 0 Å². The summed E-state index contributed by atoms with van der Waals surface area (Å²) in [5.74, 6) is -0.491. The van der Waals surface area contributed by atoms with Crippen molar-refractivity contribution in [3.8, 4) is 0 Å². The summed E-state index contributed by atoms with van der Waals surface area (Å²) in [5.41, 5.74) is 2.76. The third-order valence-electron chi connectivity index (χ3n) is 5.92. The second-order valence-corrected chi connectivity index (χ2v) is 8.08. The molecular formula is C23H27FN4O3. The Labute approximate surface area is 180 Å². The monoisotopic (exact) mass is 426 g/mol. The molecular weight excluding hydrogens is 399 g/mol. The van der Waals surface area contributed by atoms with Gasteiger partial charge in [-0.15, -0.1) is 0 Å². The smallest absolute Gasteiger partial charge is 0.320 e. The fourth-order valence-corrected chi connectivity index (χ4v) is 4.34. The van der Waals surface area contributed by atoms with Gasteiger partial charge in [0.25, 0.3) is 0 Å². The molecule has 2 aliphatic rings. The number of fused-ring (bicyclic) bond motifs is 1. The first-order valence-corrected chi connectivity index (χ1v) is 10.8. The zero-order chi connectivity index (χ0) is 21.8. The lowest BCUT2D eigenvalue weighted by molar-refractivity contribution is -0.138. The average molecular weight is 426 g/mol. The molecule has 1 fully saturated rings. The normalized spacial score (nSPS) is 16.7. The van der Waals surface area contributed by atoms with Crippen LogP contribution in [0.2, 0.25) is 0 Å². The highest BCUT2D eigenvalue weighted by molar-refractivity contribution is 5.78. The summed E-state index contributed by atoms with van der Waals surface area (Å²) in [6, 6.07) is 9.12. The summed E-state index contributed by atoms with van der Waals surface area (Å²) in [5, 5.41) is 12.7. The molecule has 3 heterocycles. The van der Waals surface area contributed by atoms with Crippen LogP contribution in [0.15, 0.2) is 36.4 Å². The van der Waals surface area contributed by atoms with E-state index in [0.717, 1.165) is 43.7 Å². The molecule has 0 bridgehead atoms. The Bertz CT molecular complexity index is 968. The number of aromatic nitrogens is 1. The lowest BCUT2D eigenvalue weighted by Crippen LogP contribution is -2.36. The van der Waals surface area contributed by atoms with Crippen LogP contribution in [0.1, 0.15) is 42.1 Å². The largest absolute Gasteiger partial charge is 0.481 e. The van der Waals surface area contributed by atoms with Gasteiger partial charge in [-0.2, -0.15) is 0 Å². The van der Waals surface area contributed by atoms with E-state index in [1.807, 2.05) is 0 Å². The van der Waals surface area contributed by atoms with Crippen LogP contribution in [-0.4, -0.2) is 58.1 Å². The maximum absolute atomic E-state index is 13.7. The van der Waals surface area contributed by atoms with Gasteiger partial charge in [0.15, 0.2) is 0 Å². The van der Waals surface area contributed by atoms with E-state index in [1.165, 1.54) is 23.8 Å². The minimum Gasteiger partial charge on any atom is -0.481 e. The Hall–Kier alpha value is -3.16. The lowest BCUT2D eigenvalue weighted by atomic mass is 10.0. The Kier molecular flexibility index (Phi) is 6.34. The number of carbonyl (C=O) groups is 2. The van der Waals surface area contributed by atoms with Crippen LogP contribution in [0.4, 0.5) is 15.0 Å². The van der Waals surface area contributed by atoms with Crippen molar-refractivity contribution in [2.45, 2.75) is 38.1 Å². The van der Waals surface area contributed by atoms with Crippen LogP contribution in [0.25, 0.3) is 0 Å². The number of benzene rings is 1. The van der Waals surface area contributed by atoms with Gasteiger partial charge in [0.2, 0.25) is 0 Å². The van der Waals surface area contributed by atoms with Crippen molar-refractivity contribution in [1.29, 1.82) is 0 Å². The Balaban J connectivity index is 1.37. The van der Waals surface area contributed by atoms with Gasteiger partial charge in [0.1, 0.15) is 11.6 Å². The van der Waals surface area contributed by atoms with Crippen LogP contribution >= 0.6 is 0 Å². The number of aryl methyl sites for hydroxylation is 2. The number of carboxylic acids is 1. The number of nitrogens with zero attached hydrogens (tertiary/aromatic N) is 3. The molecule has 164 valence electrons. The number of halogens is 1. The number of urea groups is 1. The highest BCUT2D eigenvalue weighted by atomic mass is 19.1. The number of aliphatic carboxylic acids is 1. The van der Waals surface area contributed by atoms with Crippen molar-refractivity contribution in [3.05, 3.63) is 59.0 Å². The van der Waals surface area contributed by atoms with Crippen LogP contribution in [0, 0.1) is 5.82 Å². The van der Waals surface area contributed by atoms with Gasteiger partial charge in [-0.25, -0.2) is 14.2 Å². The molecule has 0 spiro atoms. The Morgan fingerprint density at radius 2 is 2.13 bits per heavy atom. The number of nitrogens with one attached hydrogen (secondary N) is 1. The Morgan fingerprint density at radius 1 is 1.26 bits per heavy atom. The third kappa shape index (κ3) is 4.95. The number of hydrogen-bond donors (Lipinski definition) is 2. The van der Waals surface area contributed by atoms with Gasteiger partial charge in [-0.1, -0.05) is 18.2 Å². The molecule has 1 saturated heterocycles. The molecule has 2 aliphatic heterocycles. The summed E-state index contributed by atoms with van der Waals surface area (Å²) >= 11 is 0. The molecule has 2 amide bonds. The van der Waals surface area contributed by atoms with E-state index in [9.17, 15) is 19.1 Å². The molecule has 0 aliphatic carbocycles. The molecule has 7 nitrogen and oxygen atoms in total. The highest BCUT2D eigenvalue weighted by Crippen LogP contribution is 2.29. The summed E-state index contributed by atoms with van der Waals surface area (Å²) in [7, 11) is 0. The van der Waals surface area contributed by atoms with E-state index in [-0.39, 0.29) is 12.5 Å². The highest BCUT2D eigenvalue weighted by Gasteiger charge is 2.35. The first-order chi connectivity index (χ1) is 15.0. The van der Waals surface area contributed by atoms with E-state index in [1.54, 1.807) is 15.9 Å². The minimum atomic E-state index is -1.02. The molecule has 0 saturated carbocycles. The molecule has 31 heavy (non-hydrogen) atoms. The van der Waals surface area contributed by atoms with Crippen molar-refractivity contribution in [1.82, 2.24) is 14.8 Å². The van der Waals surface area contributed by atoms with E-state index >= 15 is 0 Å². The third-order valence-corrected chi connectivity index (χ3v) is 5.92. The number of rotatable bonds is 8. The second kappa shape index (κ2) is 9.32. The number of pyridine rings is 1. The zero-order valence-corrected chi connectivity index (χ0v) is 17.4. The van der Waals surface area contributed by atoms with Gasteiger partial charge in [0.05, 0.1) is 12.5 Å². The van der Waals surface area contributed by atoms with Crippen molar-refractivity contribution < 1.29 is 19.1 Å². The molecule has 1 aromatic heterocycles. The molecule has 4 rings (SSSR count). The maximum atomic E-state index is 13.7. The molecule has 2 N–H and O–H groups in total. The van der Waals surface area contributed by atoms with Gasteiger partial charge in [-0.05, 0) is 55.0 Å². The second-order valence-electron chi connectivity index (χ2n) is 8.08. The summed E-state index contributed by atoms with van der Waals surface area (Å²) in [4.78, 5) is 32.3. The van der Waals surface area contributed by atoms with Crippen LogP contribution < -0.4 is 5.32 Å². The number of carboxylic acid groups (broad SMARTS) is 1. The van der Waals surface area contributed by atoms with Crippen molar-refractivity contribution in [2.75, 3.05) is 31.5 Å². The zero-order valence-electron chi connectivity index (χ0n) is 17.4. The molecule has 2 aromatic rings. The van der Waals surface area contributed by atoms with Crippen LogP contribution in [0.5, 0.6) is 0 Å². The number of anilines is 1. The molecule has 1 atom stereocenters. The Morgan fingerprint density at radius 3 is 2.94 bits per heavy atom. The topological polar surface area (TPSA) is 85.8 Å². The van der Waals surface area contributed by atoms with Gasteiger partial charge >= 0.3 is 12.0 Å². The fraction of sp³-hybridized carbons (Fsp3) is 0.435. The summed E-state index contributed by atoms with van der Waals surface area (Å²) in [6.07, 6.45) is 3.46. The number of carbonyl (C=O) groups excluding carboxylic acids is 1. The SMILES string of the molecule is O=C(O)C[C@@H](c1cccc(F)c1)N1CCN(CCCc2ccc3c(n2)NCCC3)C1=O. The van der Waals surface area contributed by atoms with Crippen molar-refractivity contribution >= 4 is 17.8 Å².